The minimum absolute atomic E-state index is 0.285. The van der Waals surface area contributed by atoms with Gasteiger partial charge in [0.15, 0.2) is 0 Å². The van der Waals surface area contributed by atoms with Crippen molar-refractivity contribution < 1.29 is 9.90 Å². The van der Waals surface area contributed by atoms with Gasteiger partial charge >= 0.3 is 5.97 Å². The molecule has 0 spiro atoms. The summed E-state index contributed by atoms with van der Waals surface area (Å²) in [4.78, 5) is 13.0. The zero-order valence-electron chi connectivity index (χ0n) is 11.6. The van der Waals surface area contributed by atoms with Crippen molar-refractivity contribution in [3.05, 3.63) is 35.4 Å². The van der Waals surface area contributed by atoms with E-state index in [4.69, 9.17) is 5.11 Å². The molecule has 3 heteroatoms. The highest BCUT2D eigenvalue weighted by atomic mass is 16.4. The van der Waals surface area contributed by atoms with Crippen molar-refractivity contribution >= 4 is 5.97 Å². The Morgan fingerprint density at radius 1 is 1.37 bits per heavy atom. The first-order valence-corrected chi connectivity index (χ1v) is 7.16. The van der Waals surface area contributed by atoms with E-state index in [2.05, 4.69) is 36.1 Å². The highest BCUT2D eigenvalue weighted by Gasteiger charge is 2.24. The molecule has 3 nitrogen and oxygen atoms in total. The van der Waals surface area contributed by atoms with Crippen molar-refractivity contribution in [3.8, 4) is 0 Å². The fraction of sp³-hybridized carbons (Fsp3) is 0.562. The molecule has 0 amide bonds. The van der Waals surface area contributed by atoms with E-state index in [1.807, 2.05) is 0 Å². The van der Waals surface area contributed by atoms with E-state index in [1.54, 1.807) is 0 Å². The normalized spacial score (nSPS) is 19.7. The fourth-order valence-electron chi connectivity index (χ4n) is 2.85. The first-order valence-electron chi connectivity index (χ1n) is 7.16. The third kappa shape index (κ3) is 4.35. The summed E-state index contributed by atoms with van der Waals surface area (Å²) in [6.45, 7) is 4.15. The summed E-state index contributed by atoms with van der Waals surface area (Å²) in [6.07, 6.45) is 4.62. The van der Waals surface area contributed by atoms with Gasteiger partial charge in [0.25, 0.3) is 0 Å². The highest BCUT2D eigenvalue weighted by Crippen LogP contribution is 2.21. The standard InChI is InChI=1S/C16H23NO2/c1-13-6-8-14(9-7-13)12-15-4-2-10-17(15)11-3-5-16(18)19/h6-9,15H,2-5,10-12H2,1H3,(H,18,19)/t15-/m0/s1. The molecule has 0 radical (unpaired) electrons. The Morgan fingerprint density at radius 3 is 2.79 bits per heavy atom. The van der Waals surface area contributed by atoms with Crippen LogP contribution in [-0.2, 0) is 11.2 Å². The Labute approximate surface area is 115 Å². The predicted molar refractivity (Wildman–Crippen MR) is 76.3 cm³/mol. The lowest BCUT2D eigenvalue weighted by molar-refractivity contribution is -0.137. The molecule has 0 aromatic heterocycles. The monoisotopic (exact) mass is 261 g/mol. The van der Waals surface area contributed by atoms with Crippen LogP contribution >= 0.6 is 0 Å². The number of likely N-dealkylation sites (tertiary alicyclic amines) is 1. The molecule has 1 atom stereocenters. The summed E-state index contributed by atoms with van der Waals surface area (Å²) < 4.78 is 0. The van der Waals surface area contributed by atoms with Gasteiger partial charge in [0.1, 0.15) is 0 Å². The molecule has 0 saturated carbocycles. The second-order valence-corrected chi connectivity index (χ2v) is 5.52. The Kier molecular flexibility index (Phi) is 4.97. The van der Waals surface area contributed by atoms with Gasteiger partial charge in [-0.2, -0.15) is 0 Å². The summed E-state index contributed by atoms with van der Waals surface area (Å²) >= 11 is 0. The van der Waals surface area contributed by atoms with Crippen LogP contribution in [0.2, 0.25) is 0 Å². The number of hydrogen-bond donors (Lipinski definition) is 1. The lowest BCUT2D eigenvalue weighted by Crippen LogP contribution is -2.32. The zero-order valence-corrected chi connectivity index (χ0v) is 11.6. The van der Waals surface area contributed by atoms with E-state index in [9.17, 15) is 4.79 Å². The van der Waals surface area contributed by atoms with E-state index in [-0.39, 0.29) is 6.42 Å². The van der Waals surface area contributed by atoms with Gasteiger partial charge in [-0.1, -0.05) is 29.8 Å². The van der Waals surface area contributed by atoms with Crippen molar-refractivity contribution in [2.24, 2.45) is 0 Å². The summed E-state index contributed by atoms with van der Waals surface area (Å²) in [5.41, 5.74) is 2.69. The molecule has 2 rings (SSSR count). The molecule has 1 aliphatic heterocycles. The van der Waals surface area contributed by atoms with Crippen LogP contribution in [0.4, 0.5) is 0 Å². The van der Waals surface area contributed by atoms with Crippen molar-refractivity contribution in [1.29, 1.82) is 0 Å². The molecule has 1 aromatic rings. The van der Waals surface area contributed by atoms with Gasteiger partial charge in [0.2, 0.25) is 0 Å². The molecule has 1 fully saturated rings. The average Bonchev–Trinajstić information content (AvgIpc) is 2.79. The van der Waals surface area contributed by atoms with Crippen LogP contribution in [0.25, 0.3) is 0 Å². The fourth-order valence-corrected chi connectivity index (χ4v) is 2.85. The molecule has 1 aliphatic rings. The third-order valence-corrected chi connectivity index (χ3v) is 3.93. The number of benzene rings is 1. The lowest BCUT2D eigenvalue weighted by Gasteiger charge is -2.24. The zero-order chi connectivity index (χ0) is 13.7. The maximum absolute atomic E-state index is 10.6. The molecule has 1 N–H and O–H groups in total. The predicted octanol–water partition coefficient (Wildman–Crippen LogP) is 2.87. The number of hydrogen-bond acceptors (Lipinski definition) is 2. The first-order chi connectivity index (χ1) is 9.15. The minimum atomic E-state index is -0.686. The number of aliphatic carboxylic acids is 1. The summed E-state index contributed by atoms with van der Waals surface area (Å²) in [6, 6.07) is 9.35. The second-order valence-electron chi connectivity index (χ2n) is 5.52. The molecular formula is C16H23NO2. The molecule has 1 saturated heterocycles. The van der Waals surface area contributed by atoms with Crippen molar-refractivity contribution in [3.63, 3.8) is 0 Å². The molecule has 1 aromatic carbocycles. The van der Waals surface area contributed by atoms with E-state index < -0.39 is 5.97 Å². The van der Waals surface area contributed by atoms with Crippen LogP contribution in [0, 0.1) is 6.92 Å². The maximum atomic E-state index is 10.6. The summed E-state index contributed by atoms with van der Waals surface area (Å²) in [5, 5.41) is 8.70. The van der Waals surface area contributed by atoms with Crippen LogP contribution in [0.15, 0.2) is 24.3 Å². The molecule has 0 unspecified atom stereocenters. The molecule has 0 aliphatic carbocycles. The van der Waals surface area contributed by atoms with Gasteiger partial charge in [-0.15, -0.1) is 0 Å². The molecule has 0 bridgehead atoms. The minimum Gasteiger partial charge on any atom is -0.481 e. The highest BCUT2D eigenvalue weighted by molar-refractivity contribution is 5.66. The van der Waals surface area contributed by atoms with Gasteiger partial charge in [0.05, 0.1) is 0 Å². The largest absolute Gasteiger partial charge is 0.481 e. The molecule has 1 heterocycles. The number of nitrogens with zero attached hydrogens (tertiary/aromatic N) is 1. The Morgan fingerprint density at radius 2 is 2.11 bits per heavy atom. The number of carbonyl (C=O) groups is 1. The quantitative estimate of drug-likeness (QED) is 0.856. The van der Waals surface area contributed by atoms with Crippen LogP contribution in [0.5, 0.6) is 0 Å². The summed E-state index contributed by atoms with van der Waals surface area (Å²) in [5.74, 6) is -0.686. The van der Waals surface area contributed by atoms with Crippen LogP contribution in [0.1, 0.15) is 36.8 Å². The Hall–Kier alpha value is -1.35. The van der Waals surface area contributed by atoms with Gasteiger partial charge in [-0.3, -0.25) is 4.79 Å². The van der Waals surface area contributed by atoms with Crippen LogP contribution in [0.3, 0.4) is 0 Å². The van der Waals surface area contributed by atoms with E-state index in [1.165, 1.54) is 24.0 Å². The van der Waals surface area contributed by atoms with Crippen molar-refractivity contribution in [2.45, 2.75) is 45.1 Å². The van der Waals surface area contributed by atoms with Crippen molar-refractivity contribution in [2.75, 3.05) is 13.1 Å². The third-order valence-electron chi connectivity index (χ3n) is 3.93. The van der Waals surface area contributed by atoms with Gasteiger partial charge in [-0.05, 0) is 51.3 Å². The SMILES string of the molecule is Cc1ccc(C[C@@H]2CCCN2CCCC(=O)O)cc1. The maximum Gasteiger partial charge on any atom is 0.303 e. The van der Waals surface area contributed by atoms with Crippen molar-refractivity contribution in [1.82, 2.24) is 4.90 Å². The topological polar surface area (TPSA) is 40.5 Å². The van der Waals surface area contributed by atoms with Crippen LogP contribution in [-0.4, -0.2) is 35.1 Å². The summed E-state index contributed by atoms with van der Waals surface area (Å²) in [7, 11) is 0. The Bertz CT molecular complexity index is 413. The van der Waals surface area contributed by atoms with Crippen LogP contribution < -0.4 is 0 Å². The first kappa shape index (κ1) is 14.1. The number of carboxylic acid groups (broad SMARTS) is 1. The van der Waals surface area contributed by atoms with Gasteiger partial charge in [0, 0.05) is 12.5 Å². The number of carboxylic acids is 1. The average molecular weight is 261 g/mol. The van der Waals surface area contributed by atoms with E-state index in [0.29, 0.717) is 6.04 Å². The second kappa shape index (κ2) is 6.71. The molecule has 104 valence electrons. The van der Waals surface area contributed by atoms with E-state index in [0.717, 1.165) is 25.9 Å². The number of aryl methyl sites for hydroxylation is 1. The smallest absolute Gasteiger partial charge is 0.303 e. The molecule has 19 heavy (non-hydrogen) atoms. The Balaban J connectivity index is 1.84. The van der Waals surface area contributed by atoms with E-state index >= 15 is 0 Å². The number of rotatable bonds is 6. The molecular weight excluding hydrogens is 238 g/mol. The van der Waals surface area contributed by atoms with Gasteiger partial charge in [-0.25, -0.2) is 0 Å². The van der Waals surface area contributed by atoms with Gasteiger partial charge < -0.3 is 10.0 Å². The lowest BCUT2D eigenvalue weighted by atomic mass is 10.0.